The van der Waals surface area contributed by atoms with Gasteiger partial charge in [-0.3, -0.25) is 9.59 Å². The van der Waals surface area contributed by atoms with Gasteiger partial charge in [0.05, 0.1) is 23.2 Å². The molecule has 0 aliphatic carbocycles. The predicted octanol–water partition coefficient (Wildman–Crippen LogP) is 3.07. The number of esters is 2. The second-order valence-corrected chi connectivity index (χ2v) is 6.36. The van der Waals surface area contributed by atoms with Crippen molar-refractivity contribution in [3.63, 3.8) is 0 Å². The van der Waals surface area contributed by atoms with Gasteiger partial charge >= 0.3 is 11.9 Å². The lowest BCUT2D eigenvalue weighted by Crippen LogP contribution is -2.22. The lowest BCUT2D eigenvalue weighted by Gasteiger charge is -2.10. The lowest BCUT2D eigenvalue weighted by atomic mass is 10.1. The van der Waals surface area contributed by atoms with Crippen LogP contribution in [-0.4, -0.2) is 31.1 Å². The van der Waals surface area contributed by atoms with Crippen molar-refractivity contribution >= 4 is 34.5 Å². The fourth-order valence-corrected chi connectivity index (χ4v) is 2.74. The zero-order chi connectivity index (χ0) is 21.7. The van der Waals surface area contributed by atoms with Crippen LogP contribution in [0.25, 0.3) is 11.0 Å². The van der Waals surface area contributed by atoms with Crippen molar-refractivity contribution < 1.29 is 28.3 Å². The highest BCUT2D eigenvalue weighted by molar-refractivity contribution is 6.02. The molecule has 3 aromatic rings. The first-order valence-corrected chi connectivity index (χ1v) is 9.16. The Balaban J connectivity index is 1.68. The Hall–Kier alpha value is -3.94. The minimum Gasteiger partial charge on any atom is -0.462 e. The third kappa shape index (κ3) is 4.72. The standard InChI is InChI=1S/C22H19NO7/c1-3-28-21(26)14-6-4-5-7-16(14)23-20(25)12-29-22(27)19-11-17(24)15-10-13(2)8-9-18(15)30-19/h4-11H,3,12H2,1-2H3,(H,23,25). The Morgan fingerprint density at radius 3 is 2.53 bits per heavy atom. The van der Waals surface area contributed by atoms with Crippen LogP contribution in [0, 0.1) is 6.92 Å². The summed E-state index contributed by atoms with van der Waals surface area (Å²) in [5.41, 5.74) is 1.14. The van der Waals surface area contributed by atoms with E-state index in [9.17, 15) is 19.2 Å². The molecule has 0 unspecified atom stereocenters. The van der Waals surface area contributed by atoms with Crippen LogP contribution in [-0.2, 0) is 14.3 Å². The van der Waals surface area contributed by atoms with Crippen LogP contribution in [0.3, 0.4) is 0 Å². The van der Waals surface area contributed by atoms with Gasteiger partial charge in [-0.15, -0.1) is 0 Å². The number of benzene rings is 2. The van der Waals surface area contributed by atoms with Gasteiger partial charge in [-0.2, -0.15) is 0 Å². The third-order valence-electron chi connectivity index (χ3n) is 4.11. The summed E-state index contributed by atoms with van der Waals surface area (Å²) < 4.78 is 15.3. The number of aryl methyl sites for hydroxylation is 1. The Labute approximate surface area is 171 Å². The van der Waals surface area contributed by atoms with Crippen LogP contribution >= 0.6 is 0 Å². The van der Waals surface area contributed by atoms with E-state index in [4.69, 9.17) is 13.9 Å². The molecule has 0 bridgehead atoms. The molecule has 1 heterocycles. The van der Waals surface area contributed by atoms with Crippen LogP contribution in [0.4, 0.5) is 5.69 Å². The number of anilines is 1. The molecular formula is C22H19NO7. The largest absolute Gasteiger partial charge is 0.462 e. The average molecular weight is 409 g/mol. The lowest BCUT2D eigenvalue weighted by molar-refractivity contribution is -0.119. The average Bonchev–Trinajstić information content (AvgIpc) is 2.73. The van der Waals surface area contributed by atoms with E-state index < -0.39 is 24.5 Å². The highest BCUT2D eigenvalue weighted by Crippen LogP contribution is 2.17. The summed E-state index contributed by atoms with van der Waals surface area (Å²) in [4.78, 5) is 48.5. The van der Waals surface area contributed by atoms with Gasteiger partial charge < -0.3 is 19.2 Å². The highest BCUT2D eigenvalue weighted by Gasteiger charge is 2.17. The molecule has 0 atom stereocenters. The minimum atomic E-state index is -0.955. The van der Waals surface area contributed by atoms with Gasteiger partial charge in [0, 0.05) is 6.07 Å². The summed E-state index contributed by atoms with van der Waals surface area (Å²) in [5.74, 6) is -2.52. The second-order valence-electron chi connectivity index (χ2n) is 6.36. The second kappa shape index (κ2) is 9.04. The van der Waals surface area contributed by atoms with Crippen molar-refractivity contribution in [3.8, 4) is 0 Å². The number of carbonyl (C=O) groups is 3. The predicted molar refractivity (Wildman–Crippen MR) is 109 cm³/mol. The molecule has 8 nitrogen and oxygen atoms in total. The third-order valence-corrected chi connectivity index (χ3v) is 4.11. The maximum Gasteiger partial charge on any atom is 0.374 e. The number of ether oxygens (including phenoxy) is 2. The van der Waals surface area contributed by atoms with E-state index in [2.05, 4.69) is 5.32 Å². The van der Waals surface area contributed by atoms with Crippen LogP contribution < -0.4 is 10.7 Å². The number of fused-ring (bicyclic) bond motifs is 1. The molecule has 0 radical (unpaired) electrons. The Kier molecular flexibility index (Phi) is 6.26. The molecule has 154 valence electrons. The van der Waals surface area contributed by atoms with E-state index in [0.717, 1.165) is 11.6 Å². The zero-order valence-electron chi connectivity index (χ0n) is 16.4. The normalized spacial score (nSPS) is 10.5. The van der Waals surface area contributed by atoms with E-state index in [1.165, 1.54) is 12.1 Å². The molecule has 0 spiro atoms. The summed E-state index contributed by atoms with van der Waals surface area (Å²) >= 11 is 0. The summed E-state index contributed by atoms with van der Waals surface area (Å²) in [6, 6.07) is 12.3. The molecule has 1 amide bonds. The van der Waals surface area contributed by atoms with Crippen molar-refractivity contribution in [1.82, 2.24) is 0 Å². The number of hydrogen-bond acceptors (Lipinski definition) is 7. The van der Waals surface area contributed by atoms with Crippen LogP contribution in [0.1, 0.15) is 33.4 Å². The van der Waals surface area contributed by atoms with Gasteiger partial charge in [-0.1, -0.05) is 23.8 Å². The molecule has 0 saturated heterocycles. The number of rotatable bonds is 6. The van der Waals surface area contributed by atoms with Crippen LogP contribution in [0.15, 0.2) is 57.7 Å². The molecule has 0 aliphatic heterocycles. The quantitative estimate of drug-likeness (QED) is 0.623. The maximum absolute atomic E-state index is 12.2. The number of hydrogen-bond donors (Lipinski definition) is 1. The molecule has 3 rings (SSSR count). The number of amides is 1. The smallest absolute Gasteiger partial charge is 0.374 e. The fraction of sp³-hybridized carbons (Fsp3) is 0.182. The minimum absolute atomic E-state index is 0.176. The molecule has 0 aliphatic rings. The topological polar surface area (TPSA) is 112 Å². The van der Waals surface area contributed by atoms with E-state index in [0.29, 0.717) is 5.39 Å². The van der Waals surface area contributed by atoms with Crippen molar-refractivity contribution in [2.45, 2.75) is 13.8 Å². The van der Waals surface area contributed by atoms with E-state index in [-0.39, 0.29) is 34.6 Å². The van der Waals surface area contributed by atoms with Crippen LogP contribution in [0.5, 0.6) is 0 Å². The van der Waals surface area contributed by atoms with Crippen molar-refractivity contribution in [2.75, 3.05) is 18.5 Å². The highest BCUT2D eigenvalue weighted by atomic mass is 16.5. The van der Waals surface area contributed by atoms with Gasteiger partial charge in [0.2, 0.25) is 5.76 Å². The van der Waals surface area contributed by atoms with Crippen molar-refractivity contribution in [1.29, 1.82) is 0 Å². The van der Waals surface area contributed by atoms with Gasteiger partial charge in [-0.25, -0.2) is 9.59 Å². The number of para-hydroxylation sites is 1. The summed E-state index contributed by atoms with van der Waals surface area (Å²) in [6.07, 6.45) is 0. The first-order chi connectivity index (χ1) is 14.4. The van der Waals surface area contributed by atoms with E-state index >= 15 is 0 Å². The number of carbonyl (C=O) groups excluding carboxylic acids is 3. The first kappa shape index (κ1) is 20.8. The zero-order valence-corrected chi connectivity index (χ0v) is 16.4. The molecule has 8 heteroatoms. The number of nitrogens with one attached hydrogen (secondary N) is 1. The first-order valence-electron chi connectivity index (χ1n) is 9.16. The fourth-order valence-electron chi connectivity index (χ4n) is 2.74. The Morgan fingerprint density at radius 2 is 1.77 bits per heavy atom. The maximum atomic E-state index is 12.2. The molecular weight excluding hydrogens is 390 g/mol. The monoisotopic (exact) mass is 409 g/mol. The molecule has 0 saturated carbocycles. The van der Waals surface area contributed by atoms with Gasteiger partial charge in [0.1, 0.15) is 5.58 Å². The van der Waals surface area contributed by atoms with Gasteiger partial charge in [-0.05, 0) is 38.1 Å². The summed E-state index contributed by atoms with van der Waals surface area (Å²) in [5, 5.41) is 2.84. The van der Waals surface area contributed by atoms with Gasteiger partial charge in [0.15, 0.2) is 12.0 Å². The Morgan fingerprint density at radius 1 is 1.00 bits per heavy atom. The molecule has 2 aromatic carbocycles. The summed E-state index contributed by atoms with van der Waals surface area (Å²) in [6.45, 7) is 3.06. The molecule has 0 fully saturated rings. The van der Waals surface area contributed by atoms with Gasteiger partial charge in [0.25, 0.3) is 5.91 Å². The van der Waals surface area contributed by atoms with E-state index in [1.807, 2.05) is 6.92 Å². The summed E-state index contributed by atoms with van der Waals surface area (Å²) in [7, 11) is 0. The van der Waals surface area contributed by atoms with Crippen molar-refractivity contribution in [2.24, 2.45) is 0 Å². The SMILES string of the molecule is CCOC(=O)c1ccccc1NC(=O)COC(=O)c1cc(=O)c2cc(C)ccc2o1. The molecule has 1 N–H and O–H groups in total. The molecule has 1 aromatic heterocycles. The Bertz CT molecular complexity index is 1180. The van der Waals surface area contributed by atoms with Crippen LogP contribution in [0.2, 0.25) is 0 Å². The van der Waals surface area contributed by atoms with Crippen molar-refractivity contribution in [3.05, 3.63) is 75.6 Å². The van der Waals surface area contributed by atoms with E-state index in [1.54, 1.807) is 37.3 Å². The molecule has 30 heavy (non-hydrogen) atoms.